The zero-order chi connectivity index (χ0) is 14.2. The molecule has 0 rings (SSSR count). The van der Waals surface area contributed by atoms with E-state index in [0.29, 0.717) is 25.9 Å². The third-order valence-electron chi connectivity index (χ3n) is 2.78. The Balaban J connectivity index is 3.73. The Labute approximate surface area is 110 Å². The molecule has 0 spiro atoms. The summed E-state index contributed by atoms with van der Waals surface area (Å²) >= 11 is 0. The van der Waals surface area contributed by atoms with Gasteiger partial charge in [-0.15, -0.1) is 0 Å². The lowest BCUT2D eigenvalue weighted by molar-refractivity contribution is -0.121. The van der Waals surface area contributed by atoms with Crippen molar-refractivity contribution >= 4 is 15.9 Å². The van der Waals surface area contributed by atoms with Crippen LogP contribution in [0, 0.1) is 5.41 Å². The monoisotopic (exact) mass is 279 g/mol. The van der Waals surface area contributed by atoms with Crippen LogP contribution in [0.4, 0.5) is 0 Å². The lowest BCUT2D eigenvalue weighted by atomic mass is 9.84. The van der Waals surface area contributed by atoms with Gasteiger partial charge in [0.2, 0.25) is 15.9 Å². The molecule has 0 aromatic heterocycles. The summed E-state index contributed by atoms with van der Waals surface area (Å²) in [6.45, 7) is 5.11. The Kier molecular flexibility index (Phi) is 7.42. The molecular weight excluding hydrogens is 254 g/mol. The molecule has 7 heteroatoms. The normalized spacial score (nSPS) is 12.4. The maximum Gasteiger partial charge on any atom is 0.220 e. The highest BCUT2D eigenvalue weighted by Crippen LogP contribution is 2.25. The molecule has 18 heavy (non-hydrogen) atoms. The molecule has 6 nitrogen and oxygen atoms in total. The minimum Gasteiger partial charge on any atom is -0.356 e. The van der Waals surface area contributed by atoms with Gasteiger partial charge in [0, 0.05) is 13.0 Å². The number of nitrogens with one attached hydrogen (secondary N) is 1. The third kappa shape index (κ3) is 10.5. The number of carbonyl (C=O) groups excluding carboxylic acids is 1. The van der Waals surface area contributed by atoms with Gasteiger partial charge in [0.15, 0.2) is 0 Å². The average molecular weight is 279 g/mol. The first-order chi connectivity index (χ1) is 8.16. The van der Waals surface area contributed by atoms with Crippen molar-refractivity contribution < 1.29 is 13.2 Å². The van der Waals surface area contributed by atoms with Gasteiger partial charge < -0.3 is 11.1 Å². The van der Waals surface area contributed by atoms with Crippen molar-refractivity contribution in [3.8, 4) is 0 Å². The second-order valence-corrected chi connectivity index (χ2v) is 7.01. The zero-order valence-corrected chi connectivity index (χ0v) is 12.1. The Morgan fingerprint density at radius 1 is 1.28 bits per heavy atom. The summed E-state index contributed by atoms with van der Waals surface area (Å²) in [5.41, 5.74) is 5.55. The van der Waals surface area contributed by atoms with Crippen molar-refractivity contribution in [1.82, 2.24) is 5.32 Å². The van der Waals surface area contributed by atoms with E-state index in [9.17, 15) is 13.2 Å². The first-order valence-electron chi connectivity index (χ1n) is 6.13. The van der Waals surface area contributed by atoms with Crippen LogP contribution >= 0.6 is 0 Å². The molecule has 0 atom stereocenters. The Hall–Kier alpha value is -0.660. The van der Waals surface area contributed by atoms with E-state index < -0.39 is 10.0 Å². The van der Waals surface area contributed by atoms with Gasteiger partial charge >= 0.3 is 0 Å². The largest absolute Gasteiger partial charge is 0.356 e. The minimum atomic E-state index is -3.43. The van der Waals surface area contributed by atoms with Crippen LogP contribution in [0.25, 0.3) is 0 Å². The molecular formula is C11H25N3O3S. The van der Waals surface area contributed by atoms with Crippen LogP contribution in [0.2, 0.25) is 0 Å². The van der Waals surface area contributed by atoms with E-state index in [4.69, 9.17) is 10.9 Å². The van der Waals surface area contributed by atoms with Crippen LogP contribution in [0.1, 0.15) is 39.5 Å². The second kappa shape index (κ2) is 7.70. The van der Waals surface area contributed by atoms with E-state index >= 15 is 0 Å². The van der Waals surface area contributed by atoms with Gasteiger partial charge in [0.25, 0.3) is 0 Å². The van der Waals surface area contributed by atoms with Gasteiger partial charge in [-0.2, -0.15) is 0 Å². The molecule has 0 radical (unpaired) electrons. The number of hydrogen-bond acceptors (Lipinski definition) is 4. The van der Waals surface area contributed by atoms with E-state index in [1.165, 1.54) is 0 Å². The van der Waals surface area contributed by atoms with Crippen molar-refractivity contribution in [2.24, 2.45) is 16.3 Å². The summed E-state index contributed by atoms with van der Waals surface area (Å²) in [6, 6.07) is 0. The van der Waals surface area contributed by atoms with Crippen LogP contribution in [0.15, 0.2) is 0 Å². The number of amides is 1. The number of hydrogen-bond donors (Lipinski definition) is 3. The molecule has 108 valence electrons. The fourth-order valence-electron chi connectivity index (χ4n) is 1.56. The molecule has 0 heterocycles. The Bertz CT molecular complexity index is 353. The fraction of sp³-hybridized carbons (Fsp3) is 0.909. The molecule has 0 aromatic carbocycles. The lowest BCUT2D eigenvalue weighted by Crippen LogP contribution is -2.28. The molecule has 0 saturated carbocycles. The molecule has 0 aliphatic carbocycles. The topological polar surface area (TPSA) is 115 Å². The van der Waals surface area contributed by atoms with Crippen molar-refractivity contribution in [2.75, 3.05) is 18.8 Å². The third-order valence-corrected chi connectivity index (χ3v) is 3.64. The van der Waals surface area contributed by atoms with Crippen LogP contribution in [-0.2, 0) is 14.8 Å². The fourth-order valence-corrected chi connectivity index (χ4v) is 2.10. The number of carbonyl (C=O) groups is 1. The van der Waals surface area contributed by atoms with Crippen LogP contribution in [-0.4, -0.2) is 33.2 Å². The molecule has 0 fully saturated rings. The smallest absolute Gasteiger partial charge is 0.220 e. The molecule has 0 bridgehead atoms. The standard InChI is InChI=1S/C11H25N3O3S/c1-11(2,6-7-12)5-4-10(15)14-8-3-9-18(13,16)17/h3-9,12H2,1-2H3,(H,14,15)(H2,13,16,17). The predicted molar refractivity (Wildman–Crippen MR) is 72.3 cm³/mol. The van der Waals surface area contributed by atoms with Crippen LogP contribution in [0.5, 0.6) is 0 Å². The van der Waals surface area contributed by atoms with E-state index in [1.54, 1.807) is 0 Å². The van der Waals surface area contributed by atoms with E-state index in [2.05, 4.69) is 19.2 Å². The highest BCUT2D eigenvalue weighted by molar-refractivity contribution is 7.89. The predicted octanol–water partition coefficient (Wildman–Crippen LogP) is -0.0636. The van der Waals surface area contributed by atoms with Crippen molar-refractivity contribution in [1.29, 1.82) is 0 Å². The summed E-state index contributed by atoms with van der Waals surface area (Å²) < 4.78 is 21.3. The number of primary sulfonamides is 1. The number of nitrogens with two attached hydrogens (primary N) is 2. The highest BCUT2D eigenvalue weighted by Gasteiger charge is 2.18. The highest BCUT2D eigenvalue weighted by atomic mass is 32.2. The van der Waals surface area contributed by atoms with Gasteiger partial charge in [-0.1, -0.05) is 13.8 Å². The van der Waals surface area contributed by atoms with Gasteiger partial charge in [-0.25, -0.2) is 13.6 Å². The van der Waals surface area contributed by atoms with Gasteiger partial charge in [-0.05, 0) is 31.2 Å². The van der Waals surface area contributed by atoms with Gasteiger partial charge in [0.1, 0.15) is 0 Å². The molecule has 5 N–H and O–H groups in total. The summed E-state index contributed by atoms with van der Waals surface area (Å²) in [5.74, 6) is -0.166. The summed E-state index contributed by atoms with van der Waals surface area (Å²) in [6.07, 6.45) is 2.43. The maximum absolute atomic E-state index is 11.5. The molecule has 0 aliphatic rings. The Morgan fingerprint density at radius 3 is 2.39 bits per heavy atom. The summed E-state index contributed by atoms with van der Waals surface area (Å²) in [7, 11) is -3.43. The SMILES string of the molecule is CC(C)(CCN)CCC(=O)NCCCS(N)(=O)=O. The van der Waals surface area contributed by atoms with Crippen molar-refractivity contribution in [2.45, 2.75) is 39.5 Å². The van der Waals surface area contributed by atoms with E-state index in [-0.39, 0.29) is 17.1 Å². The molecule has 1 amide bonds. The first-order valence-corrected chi connectivity index (χ1v) is 7.85. The summed E-state index contributed by atoms with van der Waals surface area (Å²) in [5, 5.41) is 7.53. The molecule has 0 unspecified atom stereocenters. The lowest BCUT2D eigenvalue weighted by Gasteiger charge is -2.23. The number of rotatable bonds is 9. The van der Waals surface area contributed by atoms with Crippen LogP contribution in [0.3, 0.4) is 0 Å². The zero-order valence-electron chi connectivity index (χ0n) is 11.2. The Morgan fingerprint density at radius 2 is 1.89 bits per heavy atom. The van der Waals surface area contributed by atoms with Crippen molar-refractivity contribution in [3.05, 3.63) is 0 Å². The van der Waals surface area contributed by atoms with Crippen molar-refractivity contribution in [3.63, 3.8) is 0 Å². The van der Waals surface area contributed by atoms with Gasteiger partial charge in [0.05, 0.1) is 5.75 Å². The second-order valence-electron chi connectivity index (χ2n) is 5.27. The van der Waals surface area contributed by atoms with E-state index in [1.807, 2.05) is 0 Å². The van der Waals surface area contributed by atoms with Gasteiger partial charge in [-0.3, -0.25) is 4.79 Å². The molecule has 0 aliphatic heterocycles. The first kappa shape index (κ1) is 17.3. The van der Waals surface area contributed by atoms with E-state index in [0.717, 1.165) is 12.8 Å². The summed E-state index contributed by atoms with van der Waals surface area (Å²) in [4.78, 5) is 11.5. The minimum absolute atomic E-state index is 0.0606. The number of sulfonamides is 1. The quantitative estimate of drug-likeness (QED) is 0.513. The maximum atomic E-state index is 11.5. The molecule has 0 aromatic rings. The molecule has 0 saturated heterocycles. The van der Waals surface area contributed by atoms with Crippen LogP contribution < -0.4 is 16.2 Å². The average Bonchev–Trinajstić information content (AvgIpc) is 2.20.